The topological polar surface area (TPSA) is 66.7 Å². The van der Waals surface area contributed by atoms with Crippen molar-refractivity contribution in [1.29, 1.82) is 0 Å². The molecular weight excluding hydrogens is 376 g/mol. The minimum absolute atomic E-state index is 0.216. The van der Waals surface area contributed by atoms with Gasteiger partial charge in [0, 0.05) is 38.9 Å². The van der Waals surface area contributed by atoms with Gasteiger partial charge in [-0.2, -0.15) is 5.10 Å². The first-order valence-corrected chi connectivity index (χ1v) is 10.3. The van der Waals surface area contributed by atoms with Crippen LogP contribution >= 0.6 is 0 Å². The highest BCUT2D eigenvalue weighted by Crippen LogP contribution is 2.20. The van der Waals surface area contributed by atoms with E-state index in [1.165, 1.54) is 16.3 Å². The maximum Gasteiger partial charge on any atom is 0.191 e. The number of fused-ring (bicyclic) bond motifs is 1. The maximum absolute atomic E-state index is 5.90. The number of likely N-dealkylation sites (N-methyl/N-ethyl adjacent to an activating group) is 1. The molecule has 0 spiro atoms. The molecule has 0 fully saturated rings. The van der Waals surface area contributed by atoms with Gasteiger partial charge < -0.3 is 20.3 Å². The average Bonchev–Trinajstić information content (AvgIpc) is 3.17. The molecular formula is C23H32N6O. The van der Waals surface area contributed by atoms with Crippen LogP contribution in [0.4, 0.5) is 0 Å². The molecule has 0 aliphatic carbocycles. The highest BCUT2D eigenvalue weighted by atomic mass is 16.5. The molecule has 0 amide bonds. The lowest BCUT2D eigenvalue weighted by Crippen LogP contribution is -2.42. The second kappa shape index (κ2) is 10.6. The van der Waals surface area contributed by atoms with E-state index in [2.05, 4.69) is 64.0 Å². The molecule has 7 nitrogen and oxygen atoms in total. The van der Waals surface area contributed by atoms with Crippen LogP contribution in [0.1, 0.15) is 18.0 Å². The van der Waals surface area contributed by atoms with E-state index < -0.39 is 0 Å². The van der Waals surface area contributed by atoms with E-state index in [-0.39, 0.29) is 6.04 Å². The molecule has 0 saturated carbocycles. The number of rotatable bonds is 9. The number of hydrogen-bond acceptors (Lipinski definition) is 4. The molecule has 160 valence electrons. The normalized spacial score (nSPS) is 12.9. The second-order valence-electron chi connectivity index (χ2n) is 7.52. The number of nitrogens with zero attached hydrogens (tertiary/aromatic N) is 4. The molecule has 3 aromatic rings. The Balaban J connectivity index is 1.40. The third-order valence-electron chi connectivity index (χ3n) is 5.02. The SMILES string of the molecule is CN=C(NCCCOc1ccc2ccccc2c1)NCC(c1cnn(C)c1)N(C)C. The Kier molecular flexibility index (Phi) is 7.68. The summed E-state index contributed by atoms with van der Waals surface area (Å²) in [5, 5.41) is 13.5. The Morgan fingerprint density at radius 1 is 1.17 bits per heavy atom. The number of aromatic nitrogens is 2. The van der Waals surface area contributed by atoms with Gasteiger partial charge in [0.1, 0.15) is 5.75 Å². The molecule has 0 radical (unpaired) electrons. The summed E-state index contributed by atoms with van der Waals surface area (Å²) in [5.41, 5.74) is 1.18. The molecule has 0 bridgehead atoms. The Labute approximate surface area is 178 Å². The number of ether oxygens (including phenoxy) is 1. The van der Waals surface area contributed by atoms with Crippen molar-refractivity contribution >= 4 is 16.7 Å². The summed E-state index contributed by atoms with van der Waals surface area (Å²) in [6, 6.07) is 14.7. The van der Waals surface area contributed by atoms with Crippen LogP contribution in [0.15, 0.2) is 59.9 Å². The molecule has 1 aromatic heterocycles. The van der Waals surface area contributed by atoms with Crippen molar-refractivity contribution in [2.75, 3.05) is 40.8 Å². The summed E-state index contributed by atoms with van der Waals surface area (Å²) in [5.74, 6) is 1.69. The van der Waals surface area contributed by atoms with Crippen molar-refractivity contribution in [3.8, 4) is 5.75 Å². The molecule has 1 unspecified atom stereocenters. The lowest BCUT2D eigenvalue weighted by molar-refractivity contribution is 0.297. The van der Waals surface area contributed by atoms with E-state index in [4.69, 9.17) is 4.74 Å². The van der Waals surface area contributed by atoms with Gasteiger partial charge >= 0.3 is 0 Å². The first-order chi connectivity index (χ1) is 14.6. The third kappa shape index (κ3) is 5.97. The third-order valence-corrected chi connectivity index (χ3v) is 5.02. The minimum Gasteiger partial charge on any atom is -0.494 e. The van der Waals surface area contributed by atoms with Crippen LogP contribution < -0.4 is 15.4 Å². The molecule has 0 saturated heterocycles. The van der Waals surface area contributed by atoms with Crippen molar-refractivity contribution in [2.24, 2.45) is 12.0 Å². The van der Waals surface area contributed by atoms with Gasteiger partial charge in [0.05, 0.1) is 18.8 Å². The molecule has 7 heteroatoms. The van der Waals surface area contributed by atoms with Gasteiger partial charge in [-0.3, -0.25) is 9.67 Å². The fourth-order valence-electron chi connectivity index (χ4n) is 3.35. The van der Waals surface area contributed by atoms with Crippen LogP contribution in [0.2, 0.25) is 0 Å². The quantitative estimate of drug-likeness (QED) is 0.324. The van der Waals surface area contributed by atoms with E-state index in [1.54, 1.807) is 7.05 Å². The maximum atomic E-state index is 5.90. The van der Waals surface area contributed by atoms with Crippen molar-refractivity contribution in [2.45, 2.75) is 12.5 Å². The molecule has 1 heterocycles. The first-order valence-electron chi connectivity index (χ1n) is 10.3. The number of nitrogens with one attached hydrogen (secondary N) is 2. The van der Waals surface area contributed by atoms with Crippen LogP contribution in [-0.2, 0) is 7.05 Å². The average molecular weight is 409 g/mol. The highest BCUT2D eigenvalue weighted by molar-refractivity contribution is 5.83. The van der Waals surface area contributed by atoms with E-state index in [0.29, 0.717) is 6.61 Å². The van der Waals surface area contributed by atoms with Crippen molar-refractivity contribution in [3.63, 3.8) is 0 Å². The van der Waals surface area contributed by atoms with Crippen LogP contribution in [0.25, 0.3) is 10.8 Å². The highest BCUT2D eigenvalue weighted by Gasteiger charge is 2.16. The largest absolute Gasteiger partial charge is 0.494 e. The zero-order valence-corrected chi connectivity index (χ0v) is 18.3. The van der Waals surface area contributed by atoms with Gasteiger partial charge in [-0.05, 0) is 43.4 Å². The Bertz CT molecular complexity index is 965. The van der Waals surface area contributed by atoms with Crippen LogP contribution in [-0.4, -0.2) is 61.5 Å². The van der Waals surface area contributed by atoms with E-state index >= 15 is 0 Å². The zero-order valence-electron chi connectivity index (χ0n) is 18.3. The van der Waals surface area contributed by atoms with Crippen LogP contribution in [0.3, 0.4) is 0 Å². The van der Waals surface area contributed by atoms with Crippen molar-refractivity contribution in [3.05, 3.63) is 60.4 Å². The zero-order chi connectivity index (χ0) is 21.3. The predicted octanol–water partition coefficient (Wildman–Crippen LogP) is 2.81. The Morgan fingerprint density at radius 2 is 1.97 bits per heavy atom. The molecule has 2 N–H and O–H groups in total. The van der Waals surface area contributed by atoms with Gasteiger partial charge in [0.25, 0.3) is 0 Å². The van der Waals surface area contributed by atoms with Crippen molar-refractivity contribution < 1.29 is 4.74 Å². The lowest BCUT2D eigenvalue weighted by Gasteiger charge is -2.24. The van der Waals surface area contributed by atoms with E-state index in [0.717, 1.165) is 31.2 Å². The number of guanidine groups is 1. The monoisotopic (exact) mass is 408 g/mol. The first kappa shape index (κ1) is 21.6. The predicted molar refractivity (Wildman–Crippen MR) is 123 cm³/mol. The van der Waals surface area contributed by atoms with Gasteiger partial charge in [-0.1, -0.05) is 30.3 Å². The molecule has 0 aliphatic rings. The summed E-state index contributed by atoms with van der Waals surface area (Å²) in [4.78, 5) is 6.50. The molecule has 3 rings (SSSR count). The van der Waals surface area contributed by atoms with Gasteiger partial charge in [0.2, 0.25) is 0 Å². The molecule has 0 aliphatic heterocycles. The summed E-state index contributed by atoms with van der Waals surface area (Å²) < 4.78 is 7.73. The molecule has 1 atom stereocenters. The number of aliphatic imine (C=N–C) groups is 1. The summed E-state index contributed by atoms with van der Waals surface area (Å²) in [6.45, 7) is 2.18. The van der Waals surface area contributed by atoms with Crippen molar-refractivity contribution in [1.82, 2.24) is 25.3 Å². The molecule has 2 aromatic carbocycles. The fourth-order valence-corrected chi connectivity index (χ4v) is 3.35. The standard InChI is InChI=1S/C23H32N6O/c1-24-23(26-16-22(28(2)3)20-15-27-29(4)17-20)25-12-7-13-30-21-11-10-18-8-5-6-9-19(18)14-21/h5-6,8-11,14-15,17,22H,7,12-13,16H2,1-4H3,(H2,24,25,26). The number of aryl methyl sites for hydroxylation is 1. The Hall–Kier alpha value is -3.06. The Morgan fingerprint density at radius 3 is 2.67 bits per heavy atom. The summed E-state index contributed by atoms with van der Waals surface area (Å²) in [7, 11) is 7.86. The number of hydrogen-bond donors (Lipinski definition) is 2. The van der Waals surface area contributed by atoms with Gasteiger partial charge in [0.15, 0.2) is 5.96 Å². The summed E-state index contributed by atoms with van der Waals surface area (Å²) >= 11 is 0. The van der Waals surface area contributed by atoms with Gasteiger partial charge in [-0.15, -0.1) is 0 Å². The van der Waals surface area contributed by atoms with Gasteiger partial charge in [-0.25, -0.2) is 0 Å². The van der Waals surface area contributed by atoms with E-state index in [1.807, 2.05) is 42.3 Å². The fraction of sp³-hybridized carbons (Fsp3) is 0.391. The second-order valence-corrected chi connectivity index (χ2v) is 7.52. The van der Waals surface area contributed by atoms with Crippen LogP contribution in [0.5, 0.6) is 5.75 Å². The van der Waals surface area contributed by atoms with Crippen LogP contribution in [0, 0.1) is 0 Å². The molecule has 30 heavy (non-hydrogen) atoms. The smallest absolute Gasteiger partial charge is 0.191 e. The minimum atomic E-state index is 0.216. The summed E-state index contributed by atoms with van der Waals surface area (Å²) in [6.07, 6.45) is 4.84. The lowest BCUT2D eigenvalue weighted by atomic mass is 10.1. The number of benzene rings is 2. The van der Waals surface area contributed by atoms with E-state index in [9.17, 15) is 0 Å².